The lowest BCUT2D eigenvalue weighted by molar-refractivity contribution is -0.125. The van der Waals surface area contributed by atoms with Crippen LogP contribution in [0.15, 0.2) is 12.1 Å². The number of nitrogens with two attached hydrogens (primary N) is 1. The van der Waals surface area contributed by atoms with Crippen LogP contribution in [0.3, 0.4) is 0 Å². The molecule has 0 aliphatic heterocycles. The number of carbonyl (C=O) groups is 1. The van der Waals surface area contributed by atoms with Crippen LogP contribution < -0.4 is 11.2 Å². The van der Waals surface area contributed by atoms with Gasteiger partial charge in [-0.1, -0.05) is 12.1 Å². The zero-order valence-corrected chi connectivity index (χ0v) is 9.96. The maximum Gasteiger partial charge on any atom is 0.245 e. The van der Waals surface area contributed by atoms with Crippen LogP contribution in [0.4, 0.5) is 0 Å². The first-order chi connectivity index (χ1) is 7.50. The first-order valence-corrected chi connectivity index (χ1v) is 5.20. The van der Waals surface area contributed by atoms with Gasteiger partial charge in [0, 0.05) is 6.54 Å². The molecule has 0 heterocycles. The zero-order valence-electron chi connectivity index (χ0n) is 9.96. The van der Waals surface area contributed by atoms with Crippen molar-refractivity contribution in [2.24, 2.45) is 5.73 Å². The standard InChI is InChI=1S/C12H18N2O2/c1-8-4-10(3)11(5-9(8)2)6-14-16-7-12(13)15/h4-5,14H,6-7H2,1-3H3,(H2,13,15). The fraction of sp³-hybridized carbons (Fsp3) is 0.417. The molecule has 4 nitrogen and oxygen atoms in total. The van der Waals surface area contributed by atoms with Crippen molar-refractivity contribution in [3.05, 3.63) is 34.4 Å². The van der Waals surface area contributed by atoms with Gasteiger partial charge in [0.15, 0.2) is 0 Å². The van der Waals surface area contributed by atoms with Crippen molar-refractivity contribution < 1.29 is 9.63 Å². The van der Waals surface area contributed by atoms with E-state index in [-0.39, 0.29) is 6.61 Å². The predicted molar refractivity (Wildman–Crippen MR) is 62.6 cm³/mol. The Balaban J connectivity index is 2.54. The van der Waals surface area contributed by atoms with E-state index in [1.165, 1.54) is 16.7 Å². The highest BCUT2D eigenvalue weighted by molar-refractivity contribution is 5.74. The molecule has 0 aliphatic rings. The molecule has 0 saturated carbocycles. The second-order valence-electron chi connectivity index (χ2n) is 3.94. The Morgan fingerprint density at radius 3 is 2.50 bits per heavy atom. The molecule has 0 bridgehead atoms. The van der Waals surface area contributed by atoms with Gasteiger partial charge >= 0.3 is 0 Å². The summed E-state index contributed by atoms with van der Waals surface area (Å²) < 4.78 is 0. The summed E-state index contributed by atoms with van der Waals surface area (Å²) in [6, 6.07) is 4.26. The van der Waals surface area contributed by atoms with E-state index < -0.39 is 5.91 Å². The Morgan fingerprint density at radius 1 is 1.25 bits per heavy atom. The molecular weight excluding hydrogens is 204 g/mol. The summed E-state index contributed by atoms with van der Waals surface area (Å²) >= 11 is 0. The predicted octanol–water partition coefficient (Wildman–Crippen LogP) is 1.12. The average Bonchev–Trinajstić information content (AvgIpc) is 2.19. The first-order valence-electron chi connectivity index (χ1n) is 5.20. The maximum atomic E-state index is 10.4. The molecule has 0 unspecified atom stereocenters. The molecule has 0 spiro atoms. The minimum Gasteiger partial charge on any atom is -0.368 e. The third-order valence-electron chi connectivity index (χ3n) is 2.53. The van der Waals surface area contributed by atoms with Crippen LogP contribution in [-0.4, -0.2) is 12.5 Å². The van der Waals surface area contributed by atoms with Gasteiger partial charge in [0.2, 0.25) is 5.91 Å². The van der Waals surface area contributed by atoms with E-state index in [0.717, 1.165) is 5.56 Å². The zero-order chi connectivity index (χ0) is 12.1. The molecule has 1 aromatic rings. The molecule has 4 heteroatoms. The van der Waals surface area contributed by atoms with Crippen molar-refractivity contribution in [3.8, 4) is 0 Å². The summed E-state index contributed by atoms with van der Waals surface area (Å²) in [4.78, 5) is 15.3. The van der Waals surface area contributed by atoms with Crippen molar-refractivity contribution >= 4 is 5.91 Å². The molecule has 0 aromatic heterocycles. The van der Waals surface area contributed by atoms with Crippen molar-refractivity contribution in [1.29, 1.82) is 0 Å². The smallest absolute Gasteiger partial charge is 0.245 e. The van der Waals surface area contributed by atoms with Gasteiger partial charge in [0.1, 0.15) is 6.61 Å². The van der Waals surface area contributed by atoms with Crippen LogP contribution in [0.2, 0.25) is 0 Å². The third-order valence-corrected chi connectivity index (χ3v) is 2.53. The fourth-order valence-electron chi connectivity index (χ4n) is 1.46. The number of rotatable bonds is 5. The first kappa shape index (κ1) is 12.7. The van der Waals surface area contributed by atoms with Crippen molar-refractivity contribution in [2.75, 3.05) is 6.61 Å². The van der Waals surface area contributed by atoms with Crippen molar-refractivity contribution in [1.82, 2.24) is 5.48 Å². The van der Waals surface area contributed by atoms with Crippen LogP contribution in [0.1, 0.15) is 22.3 Å². The second-order valence-corrected chi connectivity index (χ2v) is 3.94. The van der Waals surface area contributed by atoms with Gasteiger partial charge < -0.3 is 5.73 Å². The number of hydroxylamine groups is 1. The SMILES string of the molecule is Cc1cc(C)c(CNOCC(N)=O)cc1C. The molecule has 88 valence electrons. The van der Waals surface area contributed by atoms with E-state index in [2.05, 4.69) is 38.4 Å². The van der Waals surface area contributed by atoms with Crippen LogP contribution in [-0.2, 0) is 16.2 Å². The van der Waals surface area contributed by atoms with Gasteiger partial charge in [0.25, 0.3) is 0 Å². The minimum absolute atomic E-state index is 0.107. The molecule has 0 atom stereocenters. The van der Waals surface area contributed by atoms with E-state index >= 15 is 0 Å². The Bertz CT molecular complexity index is 389. The van der Waals surface area contributed by atoms with Gasteiger partial charge in [-0.25, -0.2) is 0 Å². The number of hydrogen-bond donors (Lipinski definition) is 2. The van der Waals surface area contributed by atoms with E-state index in [0.29, 0.717) is 6.54 Å². The molecule has 3 N–H and O–H groups in total. The number of carbonyl (C=O) groups excluding carboxylic acids is 1. The Labute approximate surface area is 95.7 Å². The summed E-state index contributed by atoms with van der Waals surface area (Å²) in [5, 5.41) is 0. The Hall–Kier alpha value is -1.39. The van der Waals surface area contributed by atoms with Gasteiger partial charge in [-0.3, -0.25) is 9.63 Å². The lowest BCUT2D eigenvalue weighted by Crippen LogP contribution is -2.24. The molecule has 16 heavy (non-hydrogen) atoms. The molecule has 1 aromatic carbocycles. The number of amides is 1. The molecule has 1 amide bonds. The van der Waals surface area contributed by atoms with Crippen LogP contribution >= 0.6 is 0 Å². The van der Waals surface area contributed by atoms with Crippen LogP contribution in [0.5, 0.6) is 0 Å². The summed E-state index contributed by atoms with van der Waals surface area (Å²) in [6.45, 7) is 6.67. The molecule has 1 rings (SSSR count). The molecule has 0 radical (unpaired) electrons. The second kappa shape index (κ2) is 5.63. The Kier molecular flexibility index (Phi) is 4.46. The molecule has 0 aliphatic carbocycles. The van der Waals surface area contributed by atoms with Gasteiger partial charge in [-0.05, 0) is 43.0 Å². The normalized spacial score (nSPS) is 10.4. The lowest BCUT2D eigenvalue weighted by Gasteiger charge is -2.10. The summed E-state index contributed by atoms with van der Waals surface area (Å²) in [6.07, 6.45) is 0. The average molecular weight is 222 g/mol. The topological polar surface area (TPSA) is 64.3 Å². The Morgan fingerprint density at radius 2 is 1.88 bits per heavy atom. The quantitative estimate of drug-likeness (QED) is 0.579. The molecule has 0 saturated heterocycles. The highest BCUT2D eigenvalue weighted by Crippen LogP contribution is 2.14. The van der Waals surface area contributed by atoms with Gasteiger partial charge in [-0.2, -0.15) is 5.48 Å². The lowest BCUT2D eigenvalue weighted by atomic mass is 10.0. The van der Waals surface area contributed by atoms with E-state index in [1.807, 2.05) is 0 Å². The minimum atomic E-state index is -0.482. The number of primary amides is 1. The number of benzene rings is 1. The summed E-state index contributed by atoms with van der Waals surface area (Å²) in [5.74, 6) is -0.482. The number of nitrogens with one attached hydrogen (secondary N) is 1. The highest BCUT2D eigenvalue weighted by Gasteiger charge is 2.02. The number of aryl methyl sites for hydroxylation is 3. The van der Waals surface area contributed by atoms with E-state index in [4.69, 9.17) is 10.6 Å². The molecule has 0 fully saturated rings. The van der Waals surface area contributed by atoms with Crippen molar-refractivity contribution in [3.63, 3.8) is 0 Å². The fourth-order valence-corrected chi connectivity index (χ4v) is 1.46. The third kappa shape index (κ3) is 3.64. The van der Waals surface area contributed by atoms with Gasteiger partial charge in [0.05, 0.1) is 0 Å². The van der Waals surface area contributed by atoms with Gasteiger partial charge in [-0.15, -0.1) is 0 Å². The largest absolute Gasteiger partial charge is 0.368 e. The summed E-state index contributed by atoms with van der Waals surface area (Å²) in [7, 11) is 0. The van der Waals surface area contributed by atoms with E-state index in [1.54, 1.807) is 0 Å². The van der Waals surface area contributed by atoms with Crippen LogP contribution in [0, 0.1) is 20.8 Å². The summed E-state index contributed by atoms with van der Waals surface area (Å²) in [5.41, 5.74) is 12.6. The van der Waals surface area contributed by atoms with Crippen molar-refractivity contribution in [2.45, 2.75) is 27.3 Å². The van der Waals surface area contributed by atoms with Crippen LogP contribution in [0.25, 0.3) is 0 Å². The monoisotopic (exact) mass is 222 g/mol. The maximum absolute atomic E-state index is 10.4. The highest BCUT2D eigenvalue weighted by atomic mass is 16.6. The molecular formula is C12H18N2O2. The van der Waals surface area contributed by atoms with E-state index in [9.17, 15) is 4.79 Å². The number of hydrogen-bond acceptors (Lipinski definition) is 3.